The molecule has 1 heterocycles. The SMILES string of the molecule is CC(C)(C)OC(=O)NCCCCCC(=O)Cn1cncc(F)c1=O. The molecule has 1 N–H and O–H groups in total. The van der Waals surface area contributed by atoms with E-state index in [9.17, 15) is 18.8 Å². The molecule has 0 aromatic carbocycles. The summed E-state index contributed by atoms with van der Waals surface area (Å²) >= 11 is 0. The summed E-state index contributed by atoms with van der Waals surface area (Å²) in [5, 5.41) is 2.64. The predicted octanol–water partition coefficient (Wildman–Crippen LogP) is 2.04. The van der Waals surface area contributed by atoms with Crippen molar-refractivity contribution in [2.24, 2.45) is 0 Å². The number of aromatic nitrogens is 2. The van der Waals surface area contributed by atoms with Crippen LogP contribution in [0.3, 0.4) is 0 Å². The lowest BCUT2D eigenvalue weighted by Gasteiger charge is -2.19. The Kier molecular flexibility index (Phi) is 7.54. The van der Waals surface area contributed by atoms with Gasteiger partial charge in [0.15, 0.2) is 5.78 Å². The minimum atomic E-state index is -0.974. The van der Waals surface area contributed by atoms with Crippen LogP contribution < -0.4 is 10.9 Å². The standard InChI is InChI=1S/C16H24FN3O4/c1-16(2,3)24-15(23)19-8-6-4-5-7-12(21)10-20-11-18-9-13(17)14(20)22/h9,11H,4-8,10H2,1-3H3,(H,19,23). The number of hydrogen-bond acceptors (Lipinski definition) is 5. The number of ether oxygens (including phenoxy) is 1. The van der Waals surface area contributed by atoms with Crippen LogP contribution >= 0.6 is 0 Å². The van der Waals surface area contributed by atoms with Crippen LogP contribution in [-0.4, -0.2) is 33.6 Å². The Labute approximate surface area is 140 Å². The third-order valence-corrected chi connectivity index (χ3v) is 3.01. The Morgan fingerprint density at radius 1 is 1.29 bits per heavy atom. The highest BCUT2D eigenvalue weighted by molar-refractivity contribution is 5.78. The van der Waals surface area contributed by atoms with Crippen LogP contribution in [0.4, 0.5) is 9.18 Å². The van der Waals surface area contributed by atoms with Gasteiger partial charge in [-0.2, -0.15) is 4.39 Å². The van der Waals surface area contributed by atoms with Crippen LogP contribution in [0.25, 0.3) is 0 Å². The van der Waals surface area contributed by atoms with E-state index in [2.05, 4.69) is 10.3 Å². The third-order valence-electron chi connectivity index (χ3n) is 3.01. The summed E-state index contributed by atoms with van der Waals surface area (Å²) in [6, 6.07) is 0. The van der Waals surface area contributed by atoms with Gasteiger partial charge in [0.25, 0.3) is 5.56 Å². The van der Waals surface area contributed by atoms with E-state index < -0.39 is 23.1 Å². The van der Waals surface area contributed by atoms with Crippen molar-refractivity contribution in [2.75, 3.05) is 6.54 Å². The van der Waals surface area contributed by atoms with E-state index in [1.165, 1.54) is 0 Å². The van der Waals surface area contributed by atoms with E-state index in [1.807, 2.05) is 0 Å². The van der Waals surface area contributed by atoms with Gasteiger partial charge in [0.1, 0.15) is 5.60 Å². The van der Waals surface area contributed by atoms with Crippen molar-refractivity contribution in [2.45, 2.75) is 58.6 Å². The molecule has 0 atom stereocenters. The number of hydrogen-bond donors (Lipinski definition) is 1. The normalized spacial score (nSPS) is 11.2. The van der Waals surface area contributed by atoms with Crippen molar-refractivity contribution in [1.29, 1.82) is 0 Å². The van der Waals surface area contributed by atoms with Gasteiger partial charge in [0.2, 0.25) is 5.82 Å². The molecule has 0 bridgehead atoms. The van der Waals surface area contributed by atoms with E-state index in [4.69, 9.17) is 4.74 Å². The van der Waals surface area contributed by atoms with E-state index in [1.54, 1.807) is 20.8 Å². The second-order valence-corrected chi connectivity index (χ2v) is 6.45. The second kappa shape index (κ2) is 9.14. The van der Waals surface area contributed by atoms with E-state index >= 15 is 0 Å². The smallest absolute Gasteiger partial charge is 0.407 e. The van der Waals surface area contributed by atoms with Crippen LogP contribution in [0.1, 0.15) is 46.5 Å². The van der Waals surface area contributed by atoms with Crippen molar-refractivity contribution >= 4 is 11.9 Å². The van der Waals surface area contributed by atoms with Crippen LogP contribution in [0.5, 0.6) is 0 Å². The summed E-state index contributed by atoms with van der Waals surface area (Å²) in [6.07, 6.45) is 3.89. The molecule has 1 rings (SSSR count). The van der Waals surface area contributed by atoms with E-state index in [0.29, 0.717) is 19.4 Å². The first-order valence-corrected chi connectivity index (χ1v) is 7.87. The maximum absolute atomic E-state index is 13.0. The summed E-state index contributed by atoms with van der Waals surface area (Å²) < 4.78 is 19.1. The Bertz CT molecular complexity index is 622. The molecule has 0 fully saturated rings. The van der Waals surface area contributed by atoms with E-state index in [-0.39, 0.29) is 18.7 Å². The maximum atomic E-state index is 13.0. The molecule has 134 valence electrons. The monoisotopic (exact) mass is 341 g/mol. The van der Waals surface area contributed by atoms with Gasteiger partial charge in [0, 0.05) is 13.0 Å². The summed E-state index contributed by atoms with van der Waals surface area (Å²) in [7, 11) is 0. The number of amides is 1. The molecule has 0 radical (unpaired) electrons. The van der Waals surface area contributed by atoms with Gasteiger partial charge in [-0.15, -0.1) is 0 Å². The number of Topliss-reactive ketones (excluding diaryl/α,β-unsaturated/α-hetero) is 1. The highest BCUT2D eigenvalue weighted by Gasteiger charge is 2.15. The summed E-state index contributed by atoms with van der Waals surface area (Å²) in [5.74, 6) is -1.14. The lowest BCUT2D eigenvalue weighted by molar-refractivity contribution is -0.119. The number of alkyl carbamates (subject to hydrolysis) is 1. The molecule has 0 saturated heterocycles. The molecule has 1 aromatic heterocycles. The zero-order valence-electron chi connectivity index (χ0n) is 14.3. The number of carbonyl (C=O) groups is 2. The van der Waals surface area contributed by atoms with Crippen molar-refractivity contribution in [3.8, 4) is 0 Å². The molecule has 1 amide bonds. The molecule has 8 heteroatoms. The number of unbranched alkanes of at least 4 members (excludes halogenated alkanes) is 2. The van der Waals surface area contributed by atoms with Gasteiger partial charge in [-0.3, -0.25) is 14.2 Å². The molecular weight excluding hydrogens is 317 g/mol. The van der Waals surface area contributed by atoms with Crippen molar-refractivity contribution in [3.63, 3.8) is 0 Å². The number of halogens is 1. The quantitative estimate of drug-likeness (QED) is 0.731. The molecule has 1 aromatic rings. The first-order valence-electron chi connectivity index (χ1n) is 7.87. The molecule has 0 aliphatic rings. The molecular formula is C16H24FN3O4. The lowest BCUT2D eigenvalue weighted by atomic mass is 10.1. The number of nitrogens with one attached hydrogen (secondary N) is 1. The summed E-state index contributed by atoms with van der Waals surface area (Å²) in [4.78, 5) is 38.1. The highest BCUT2D eigenvalue weighted by Crippen LogP contribution is 2.06. The predicted molar refractivity (Wildman–Crippen MR) is 86.2 cm³/mol. The average Bonchev–Trinajstić information content (AvgIpc) is 2.45. The molecule has 0 aliphatic carbocycles. The van der Waals surface area contributed by atoms with Crippen molar-refractivity contribution in [3.05, 3.63) is 28.7 Å². The largest absolute Gasteiger partial charge is 0.444 e. The van der Waals surface area contributed by atoms with Gasteiger partial charge in [0.05, 0.1) is 19.1 Å². The number of nitrogens with zero attached hydrogens (tertiary/aromatic N) is 2. The fraction of sp³-hybridized carbons (Fsp3) is 0.625. The van der Waals surface area contributed by atoms with Crippen LogP contribution in [-0.2, 0) is 16.1 Å². The summed E-state index contributed by atoms with van der Waals surface area (Å²) in [5.41, 5.74) is -1.37. The van der Waals surface area contributed by atoms with E-state index in [0.717, 1.165) is 23.5 Å². The lowest BCUT2D eigenvalue weighted by Crippen LogP contribution is -2.33. The third kappa shape index (κ3) is 7.85. The molecule has 7 nitrogen and oxygen atoms in total. The fourth-order valence-electron chi connectivity index (χ4n) is 1.93. The number of carbonyl (C=O) groups excluding carboxylic acids is 2. The maximum Gasteiger partial charge on any atom is 0.407 e. The Morgan fingerprint density at radius 3 is 2.67 bits per heavy atom. The molecule has 0 saturated carbocycles. The van der Waals surface area contributed by atoms with Crippen molar-refractivity contribution in [1.82, 2.24) is 14.9 Å². The summed E-state index contributed by atoms with van der Waals surface area (Å²) in [6.45, 7) is 5.66. The minimum absolute atomic E-state index is 0.162. The van der Waals surface area contributed by atoms with Gasteiger partial charge < -0.3 is 10.1 Å². The van der Waals surface area contributed by atoms with Gasteiger partial charge in [-0.25, -0.2) is 9.78 Å². The zero-order valence-corrected chi connectivity index (χ0v) is 14.3. The topological polar surface area (TPSA) is 90.3 Å². The average molecular weight is 341 g/mol. The zero-order chi connectivity index (χ0) is 18.2. The second-order valence-electron chi connectivity index (χ2n) is 6.45. The number of rotatable bonds is 8. The first-order chi connectivity index (χ1) is 11.2. The Hall–Kier alpha value is -2.25. The first kappa shape index (κ1) is 19.8. The number of ketones is 1. The molecule has 24 heavy (non-hydrogen) atoms. The van der Waals surface area contributed by atoms with Gasteiger partial charge in [-0.05, 0) is 33.6 Å². The van der Waals surface area contributed by atoms with Crippen molar-refractivity contribution < 1.29 is 18.7 Å². The molecule has 0 aliphatic heterocycles. The van der Waals surface area contributed by atoms with Crippen LogP contribution in [0, 0.1) is 5.82 Å². The minimum Gasteiger partial charge on any atom is -0.444 e. The molecule has 0 spiro atoms. The fourth-order valence-corrected chi connectivity index (χ4v) is 1.93. The Morgan fingerprint density at radius 2 is 2.00 bits per heavy atom. The highest BCUT2D eigenvalue weighted by atomic mass is 19.1. The van der Waals surface area contributed by atoms with Crippen LogP contribution in [0.15, 0.2) is 17.3 Å². The molecule has 0 unspecified atom stereocenters. The van der Waals surface area contributed by atoms with Gasteiger partial charge in [-0.1, -0.05) is 6.42 Å². The Balaban J connectivity index is 2.17. The van der Waals surface area contributed by atoms with Crippen LogP contribution in [0.2, 0.25) is 0 Å². The van der Waals surface area contributed by atoms with Gasteiger partial charge >= 0.3 is 6.09 Å².